The quantitative estimate of drug-likeness (QED) is 0.101. The fourth-order valence-electron chi connectivity index (χ4n) is 3.87. The fourth-order valence-corrected chi connectivity index (χ4v) is 3.87. The largest absolute Gasteiger partial charge is 0.493 e. The second kappa shape index (κ2) is 14.8. The molecule has 0 heterocycles. The topological polar surface area (TPSA) is 106 Å². The molecule has 0 unspecified atom stereocenters. The minimum Gasteiger partial charge on any atom is -0.493 e. The normalized spacial score (nSPS) is 10.4. The summed E-state index contributed by atoms with van der Waals surface area (Å²) in [6.45, 7) is 0. The third kappa shape index (κ3) is 8.52. The van der Waals surface area contributed by atoms with Gasteiger partial charge in [-0.2, -0.15) is 0 Å². The number of methoxy groups -OCH3 is 4. The van der Waals surface area contributed by atoms with Gasteiger partial charge in [-0.25, -0.2) is 0 Å². The summed E-state index contributed by atoms with van der Waals surface area (Å²) >= 11 is 0. The molecular weight excluding hydrogens is 508 g/mol. The molecule has 0 saturated heterocycles. The number of hydrogen-bond acceptors (Lipinski definition) is 7. The molecule has 0 fully saturated rings. The molecule has 4 aromatic carbocycles. The van der Waals surface area contributed by atoms with Crippen molar-refractivity contribution < 1.29 is 23.9 Å². The van der Waals surface area contributed by atoms with Crippen LogP contribution in [0.4, 0.5) is 11.4 Å². The van der Waals surface area contributed by atoms with E-state index in [1.165, 1.54) is 23.3 Å². The molecule has 208 valence electrons. The zero-order valence-electron chi connectivity index (χ0n) is 23.1. The van der Waals surface area contributed by atoms with Crippen molar-refractivity contribution in [3.8, 4) is 23.0 Å². The lowest BCUT2D eigenvalue weighted by molar-refractivity contribution is -0.384. The van der Waals surface area contributed by atoms with Crippen molar-refractivity contribution in [1.82, 2.24) is 0 Å². The first-order valence-corrected chi connectivity index (χ1v) is 12.6. The Labute approximate surface area is 234 Å². The van der Waals surface area contributed by atoms with Crippen molar-refractivity contribution in [3.05, 3.63) is 117 Å². The summed E-state index contributed by atoms with van der Waals surface area (Å²) in [6.07, 6.45) is 5.73. The summed E-state index contributed by atoms with van der Waals surface area (Å²) in [4.78, 5) is 10.2. The number of hydrogen-bond donors (Lipinski definition) is 1. The Kier molecular flexibility index (Phi) is 11.0. The molecular formula is C32H34N2O6. The highest BCUT2D eigenvalue weighted by molar-refractivity contribution is 5.71. The van der Waals surface area contributed by atoms with E-state index in [-0.39, 0.29) is 5.69 Å². The molecule has 0 aromatic heterocycles. The lowest BCUT2D eigenvalue weighted by Crippen LogP contribution is -1.95. The van der Waals surface area contributed by atoms with Crippen molar-refractivity contribution >= 4 is 23.5 Å². The second-order valence-electron chi connectivity index (χ2n) is 8.73. The Morgan fingerprint density at radius 1 is 0.625 bits per heavy atom. The predicted octanol–water partition coefficient (Wildman–Crippen LogP) is 6.85. The van der Waals surface area contributed by atoms with E-state index in [0.29, 0.717) is 11.5 Å². The lowest BCUT2D eigenvalue weighted by atomic mass is 10.0. The predicted molar refractivity (Wildman–Crippen MR) is 159 cm³/mol. The van der Waals surface area contributed by atoms with Crippen molar-refractivity contribution in [1.29, 1.82) is 0 Å². The monoisotopic (exact) mass is 542 g/mol. The summed E-state index contributed by atoms with van der Waals surface area (Å²) in [5, 5.41) is 10.6. The molecule has 2 N–H and O–H groups in total. The number of aryl methyl sites for hydroxylation is 2. The van der Waals surface area contributed by atoms with E-state index in [1.54, 1.807) is 40.6 Å². The molecule has 0 radical (unpaired) electrons. The maximum atomic E-state index is 10.6. The van der Waals surface area contributed by atoms with Crippen LogP contribution in [0.5, 0.6) is 23.0 Å². The van der Waals surface area contributed by atoms with E-state index in [0.717, 1.165) is 41.2 Å². The summed E-state index contributed by atoms with van der Waals surface area (Å²) < 4.78 is 20.9. The van der Waals surface area contributed by atoms with Crippen LogP contribution in [0.2, 0.25) is 0 Å². The second-order valence-corrected chi connectivity index (χ2v) is 8.73. The zero-order chi connectivity index (χ0) is 28.9. The van der Waals surface area contributed by atoms with Gasteiger partial charge in [0.25, 0.3) is 5.69 Å². The first kappa shape index (κ1) is 29.6. The lowest BCUT2D eigenvalue weighted by Gasteiger charge is -2.09. The van der Waals surface area contributed by atoms with E-state index < -0.39 is 4.92 Å². The van der Waals surface area contributed by atoms with Crippen LogP contribution >= 0.6 is 0 Å². The molecule has 4 aromatic rings. The van der Waals surface area contributed by atoms with E-state index in [4.69, 9.17) is 24.7 Å². The Balaban J connectivity index is 0.000000222. The van der Waals surface area contributed by atoms with Gasteiger partial charge in [-0.15, -0.1) is 0 Å². The van der Waals surface area contributed by atoms with Gasteiger partial charge >= 0.3 is 0 Å². The van der Waals surface area contributed by atoms with Gasteiger partial charge in [0.15, 0.2) is 23.0 Å². The molecule has 0 amide bonds. The number of ether oxygens (including phenoxy) is 4. The van der Waals surface area contributed by atoms with E-state index >= 15 is 0 Å². The average molecular weight is 543 g/mol. The highest BCUT2D eigenvalue weighted by Crippen LogP contribution is 2.29. The van der Waals surface area contributed by atoms with E-state index in [9.17, 15) is 10.1 Å². The molecule has 0 saturated carbocycles. The van der Waals surface area contributed by atoms with Crippen molar-refractivity contribution in [3.63, 3.8) is 0 Å². The Morgan fingerprint density at radius 3 is 1.68 bits per heavy atom. The smallest absolute Gasteiger partial charge is 0.269 e. The number of anilines is 1. The summed E-state index contributed by atoms with van der Waals surface area (Å²) in [6, 6.07) is 26.0. The van der Waals surface area contributed by atoms with Gasteiger partial charge in [-0.3, -0.25) is 10.1 Å². The molecule has 0 atom stereocenters. The highest BCUT2D eigenvalue weighted by Gasteiger charge is 2.06. The zero-order valence-corrected chi connectivity index (χ0v) is 23.1. The number of rotatable bonds is 10. The van der Waals surface area contributed by atoms with Crippen LogP contribution in [0.1, 0.15) is 22.3 Å². The number of nitrogens with two attached hydrogens (primary N) is 1. The van der Waals surface area contributed by atoms with E-state index in [2.05, 4.69) is 18.2 Å². The SMILES string of the molecule is COc1ccc(C=Cc2ccc([N+](=O)[O-])cc2)cc1OC.COc1ccc(CCc2ccc(N)cc2)cc1OC. The Bertz CT molecular complexity index is 1420. The summed E-state index contributed by atoms with van der Waals surface area (Å²) in [5.74, 6) is 2.87. The maximum Gasteiger partial charge on any atom is 0.269 e. The van der Waals surface area contributed by atoms with Crippen molar-refractivity contribution in [2.45, 2.75) is 12.8 Å². The maximum absolute atomic E-state index is 10.6. The number of non-ortho nitro benzene ring substituents is 1. The van der Waals surface area contributed by atoms with Gasteiger partial charge in [0.05, 0.1) is 33.4 Å². The summed E-state index contributed by atoms with van der Waals surface area (Å²) in [7, 11) is 6.47. The highest BCUT2D eigenvalue weighted by atomic mass is 16.6. The average Bonchev–Trinajstić information content (AvgIpc) is 2.99. The molecule has 8 nitrogen and oxygen atoms in total. The Hall–Kier alpha value is -4.98. The molecule has 0 spiro atoms. The summed E-state index contributed by atoms with van der Waals surface area (Å²) in [5.41, 5.74) is 10.9. The number of nitrogen functional groups attached to an aromatic ring is 1. The van der Waals surface area contributed by atoms with Crippen LogP contribution in [0, 0.1) is 10.1 Å². The number of nitro groups is 1. The fraction of sp³-hybridized carbons (Fsp3) is 0.188. The van der Waals surface area contributed by atoms with Crippen LogP contribution < -0.4 is 24.7 Å². The minimum absolute atomic E-state index is 0.0817. The molecule has 0 aliphatic heterocycles. The van der Waals surface area contributed by atoms with Crippen LogP contribution in [-0.4, -0.2) is 33.4 Å². The number of nitrogens with zero attached hydrogens (tertiary/aromatic N) is 1. The van der Waals surface area contributed by atoms with Crippen LogP contribution in [0.3, 0.4) is 0 Å². The van der Waals surface area contributed by atoms with Gasteiger partial charge < -0.3 is 24.7 Å². The van der Waals surface area contributed by atoms with Crippen LogP contribution in [-0.2, 0) is 12.8 Å². The minimum atomic E-state index is -0.415. The number of benzene rings is 4. The van der Waals surface area contributed by atoms with Crippen LogP contribution in [0.15, 0.2) is 84.9 Å². The van der Waals surface area contributed by atoms with Gasteiger partial charge in [-0.05, 0) is 83.6 Å². The van der Waals surface area contributed by atoms with Gasteiger partial charge in [0.1, 0.15) is 0 Å². The van der Waals surface area contributed by atoms with Gasteiger partial charge in [0.2, 0.25) is 0 Å². The van der Waals surface area contributed by atoms with Gasteiger partial charge in [-0.1, -0.05) is 36.4 Å². The van der Waals surface area contributed by atoms with Crippen molar-refractivity contribution in [2.24, 2.45) is 0 Å². The molecule has 0 bridgehead atoms. The first-order valence-electron chi connectivity index (χ1n) is 12.6. The molecule has 40 heavy (non-hydrogen) atoms. The standard InChI is InChI=1S/C16H15NO4.C16H19NO2/c1-20-15-10-7-13(11-16(15)21-2)4-3-12-5-8-14(9-6-12)17(18)19;1-18-15-10-7-13(11-16(15)19-2)4-3-12-5-8-14(17)9-6-12/h3-11H,1-2H3;5-11H,3-4,17H2,1-2H3. The molecule has 0 aliphatic carbocycles. The van der Waals surface area contributed by atoms with Crippen LogP contribution in [0.25, 0.3) is 12.2 Å². The molecule has 4 rings (SSSR count). The van der Waals surface area contributed by atoms with Crippen molar-refractivity contribution in [2.75, 3.05) is 34.2 Å². The van der Waals surface area contributed by atoms with E-state index in [1.807, 2.05) is 54.6 Å². The third-order valence-electron chi connectivity index (χ3n) is 6.11. The molecule has 8 heteroatoms. The number of nitro benzene ring substituents is 1. The Morgan fingerprint density at radius 2 is 1.10 bits per heavy atom. The third-order valence-corrected chi connectivity index (χ3v) is 6.11. The molecule has 0 aliphatic rings. The first-order chi connectivity index (χ1) is 19.4. The van der Waals surface area contributed by atoms with Gasteiger partial charge in [0, 0.05) is 17.8 Å².